The zero-order valence-corrected chi connectivity index (χ0v) is 14.9. The molecule has 128 valence electrons. The monoisotopic (exact) mass is 345 g/mol. The topological polar surface area (TPSA) is 64.1 Å². The Labute approximate surface area is 146 Å². The van der Waals surface area contributed by atoms with Crippen LogP contribution < -0.4 is 5.32 Å². The van der Waals surface area contributed by atoms with Crippen LogP contribution >= 0.6 is 11.3 Å². The number of rotatable bonds is 5. The number of ether oxygens (including phenoxy) is 1. The van der Waals surface area contributed by atoms with Gasteiger partial charge in [0.15, 0.2) is 0 Å². The van der Waals surface area contributed by atoms with Crippen molar-refractivity contribution in [3.63, 3.8) is 0 Å². The molecule has 24 heavy (non-hydrogen) atoms. The van der Waals surface area contributed by atoms with Crippen LogP contribution in [-0.2, 0) is 4.74 Å². The van der Waals surface area contributed by atoms with Crippen molar-refractivity contribution in [2.75, 3.05) is 13.2 Å². The van der Waals surface area contributed by atoms with Gasteiger partial charge in [-0.15, -0.1) is 11.3 Å². The minimum absolute atomic E-state index is 0.0547. The molecule has 5 nitrogen and oxygen atoms in total. The summed E-state index contributed by atoms with van der Waals surface area (Å²) in [5.74, 6) is 0.796. The van der Waals surface area contributed by atoms with Crippen molar-refractivity contribution in [3.05, 3.63) is 35.6 Å². The van der Waals surface area contributed by atoms with E-state index in [1.807, 2.05) is 12.1 Å². The molecule has 2 atom stereocenters. The molecule has 1 fully saturated rings. The van der Waals surface area contributed by atoms with Gasteiger partial charge in [-0.1, -0.05) is 13.8 Å². The molecule has 0 saturated carbocycles. The minimum atomic E-state index is -0.0547. The van der Waals surface area contributed by atoms with E-state index in [9.17, 15) is 4.79 Å². The standard InChI is InChI=1S/C18H23N3O2S/c1-12(2)16-14(4-3-9-23-16)10-20-17(22)15-11-21-18(24-15)13-5-7-19-8-6-13/h5-8,11-12,14,16H,3-4,9-10H2,1-2H3,(H,20,22)/t14-,16+/m1/s1. The van der Waals surface area contributed by atoms with E-state index in [0.717, 1.165) is 30.0 Å². The van der Waals surface area contributed by atoms with Crippen molar-refractivity contribution in [3.8, 4) is 10.6 Å². The quantitative estimate of drug-likeness (QED) is 0.902. The number of carbonyl (C=O) groups excluding carboxylic acids is 1. The van der Waals surface area contributed by atoms with Crippen LogP contribution in [0.5, 0.6) is 0 Å². The van der Waals surface area contributed by atoms with Crippen molar-refractivity contribution in [2.45, 2.75) is 32.8 Å². The molecule has 1 aliphatic rings. The Kier molecular flexibility index (Phi) is 5.58. The predicted octanol–water partition coefficient (Wildman–Crippen LogP) is 3.39. The Bertz CT molecular complexity index is 672. The number of aromatic nitrogens is 2. The zero-order valence-electron chi connectivity index (χ0n) is 14.1. The van der Waals surface area contributed by atoms with Gasteiger partial charge in [-0.3, -0.25) is 9.78 Å². The molecule has 1 aliphatic heterocycles. The first-order valence-electron chi connectivity index (χ1n) is 8.41. The second kappa shape index (κ2) is 7.85. The summed E-state index contributed by atoms with van der Waals surface area (Å²) in [6.07, 6.45) is 7.50. The van der Waals surface area contributed by atoms with E-state index in [2.05, 4.69) is 29.1 Å². The van der Waals surface area contributed by atoms with Crippen LogP contribution in [0.4, 0.5) is 0 Å². The molecule has 0 bridgehead atoms. The number of amides is 1. The summed E-state index contributed by atoms with van der Waals surface area (Å²) in [6.45, 7) is 5.84. The first-order valence-corrected chi connectivity index (χ1v) is 9.23. The Morgan fingerprint density at radius 1 is 1.42 bits per heavy atom. The van der Waals surface area contributed by atoms with Crippen LogP contribution in [0.25, 0.3) is 10.6 Å². The van der Waals surface area contributed by atoms with Crippen molar-refractivity contribution >= 4 is 17.2 Å². The fourth-order valence-corrected chi connectivity index (χ4v) is 3.98. The van der Waals surface area contributed by atoms with Crippen LogP contribution in [0.3, 0.4) is 0 Å². The molecular formula is C18H23N3O2S. The largest absolute Gasteiger partial charge is 0.378 e. The number of nitrogens with zero attached hydrogens (tertiary/aromatic N) is 2. The average molecular weight is 345 g/mol. The highest BCUT2D eigenvalue weighted by Crippen LogP contribution is 2.27. The highest BCUT2D eigenvalue weighted by molar-refractivity contribution is 7.16. The fourth-order valence-electron chi connectivity index (χ4n) is 3.14. The van der Waals surface area contributed by atoms with Crippen LogP contribution in [0.2, 0.25) is 0 Å². The van der Waals surface area contributed by atoms with Gasteiger partial charge in [-0.2, -0.15) is 0 Å². The summed E-state index contributed by atoms with van der Waals surface area (Å²) in [4.78, 5) is 21.4. The van der Waals surface area contributed by atoms with Crippen LogP contribution in [0, 0.1) is 11.8 Å². The summed E-state index contributed by atoms with van der Waals surface area (Å²) in [7, 11) is 0. The summed E-state index contributed by atoms with van der Waals surface area (Å²) in [5, 5.41) is 3.89. The maximum Gasteiger partial charge on any atom is 0.263 e. The summed E-state index contributed by atoms with van der Waals surface area (Å²) >= 11 is 1.41. The molecule has 1 N–H and O–H groups in total. The van der Waals surface area contributed by atoms with E-state index in [-0.39, 0.29) is 12.0 Å². The molecule has 6 heteroatoms. The van der Waals surface area contributed by atoms with Crippen LogP contribution in [-0.4, -0.2) is 35.1 Å². The average Bonchev–Trinajstić information content (AvgIpc) is 3.11. The fraction of sp³-hybridized carbons (Fsp3) is 0.500. The molecule has 0 radical (unpaired) electrons. The highest BCUT2D eigenvalue weighted by Gasteiger charge is 2.28. The molecule has 0 unspecified atom stereocenters. The van der Waals surface area contributed by atoms with Gasteiger partial charge < -0.3 is 10.1 Å². The molecule has 0 aliphatic carbocycles. The van der Waals surface area contributed by atoms with E-state index in [1.165, 1.54) is 11.3 Å². The lowest BCUT2D eigenvalue weighted by molar-refractivity contribution is -0.0510. The minimum Gasteiger partial charge on any atom is -0.378 e. The number of hydrogen-bond acceptors (Lipinski definition) is 5. The number of pyridine rings is 1. The molecule has 1 amide bonds. The second-order valence-corrected chi connectivity index (χ2v) is 7.49. The van der Waals surface area contributed by atoms with Crippen molar-refractivity contribution in [1.29, 1.82) is 0 Å². The number of nitrogens with one attached hydrogen (secondary N) is 1. The summed E-state index contributed by atoms with van der Waals surface area (Å²) in [5.41, 5.74) is 0.981. The summed E-state index contributed by atoms with van der Waals surface area (Å²) in [6, 6.07) is 3.79. The molecule has 2 aromatic rings. The number of thiazole rings is 1. The highest BCUT2D eigenvalue weighted by atomic mass is 32.1. The Morgan fingerprint density at radius 3 is 2.96 bits per heavy atom. The molecule has 2 aromatic heterocycles. The van der Waals surface area contributed by atoms with E-state index in [4.69, 9.17) is 4.74 Å². The Morgan fingerprint density at radius 2 is 2.21 bits per heavy atom. The van der Waals surface area contributed by atoms with Gasteiger partial charge in [-0.25, -0.2) is 4.98 Å². The van der Waals surface area contributed by atoms with Gasteiger partial charge in [0, 0.05) is 37.0 Å². The van der Waals surface area contributed by atoms with Crippen molar-refractivity contribution in [1.82, 2.24) is 15.3 Å². The van der Waals surface area contributed by atoms with Gasteiger partial charge in [0.05, 0.1) is 12.3 Å². The number of hydrogen-bond donors (Lipinski definition) is 1. The third-order valence-corrected chi connectivity index (χ3v) is 5.38. The number of carbonyl (C=O) groups is 1. The van der Waals surface area contributed by atoms with Crippen molar-refractivity contribution in [2.24, 2.45) is 11.8 Å². The Hall–Kier alpha value is -1.79. The molecule has 1 saturated heterocycles. The van der Waals surface area contributed by atoms with Crippen LogP contribution in [0.15, 0.2) is 30.7 Å². The summed E-state index contributed by atoms with van der Waals surface area (Å²) < 4.78 is 5.88. The first-order chi connectivity index (χ1) is 11.6. The lowest BCUT2D eigenvalue weighted by Crippen LogP contribution is -2.41. The van der Waals surface area contributed by atoms with Crippen molar-refractivity contribution < 1.29 is 9.53 Å². The Balaban J connectivity index is 1.60. The first kappa shape index (κ1) is 17.0. The lowest BCUT2D eigenvalue weighted by Gasteiger charge is -2.34. The third kappa shape index (κ3) is 3.99. The zero-order chi connectivity index (χ0) is 16.9. The normalized spacial score (nSPS) is 21.0. The molecule has 0 aromatic carbocycles. The van der Waals surface area contributed by atoms with Gasteiger partial charge in [-0.05, 0) is 30.9 Å². The third-order valence-electron chi connectivity index (χ3n) is 4.33. The maximum atomic E-state index is 12.4. The second-order valence-electron chi connectivity index (χ2n) is 6.46. The van der Waals surface area contributed by atoms with Gasteiger partial charge in [0.25, 0.3) is 5.91 Å². The molecule has 3 heterocycles. The molecular weight excluding hydrogens is 322 g/mol. The van der Waals surface area contributed by atoms with Gasteiger partial charge in [0.1, 0.15) is 9.88 Å². The van der Waals surface area contributed by atoms with Crippen LogP contribution in [0.1, 0.15) is 36.4 Å². The SMILES string of the molecule is CC(C)[C@@H]1OCCC[C@@H]1CNC(=O)c1cnc(-c2ccncc2)s1. The van der Waals surface area contributed by atoms with E-state index >= 15 is 0 Å². The van der Waals surface area contributed by atoms with E-state index in [0.29, 0.717) is 23.3 Å². The van der Waals surface area contributed by atoms with E-state index < -0.39 is 0 Å². The molecule has 0 spiro atoms. The van der Waals surface area contributed by atoms with Gasteiger partial charge >= 0.3 is 0 Å². The van der Waals surface area contributed by atoms with Gasteiger partial charge in [0.2, 0.25) is 0 Å². The van der Waals surface area contributed by atoms with E-state index in [1.54, 1.807) is 18.6 Å². The predicted molar refractivity (Wildman–Crippen MR) is 95.0 cm³/mol. The smallest absolute Gasteiger partial charge is 0.263 e. The lowest BCUT2D eigenvalue weighted by atomic mass is 9.87. The maximum absolute atomic E-state index is 12.4. The molecule has 3 rings (SSSR count).